The van der Waals surface area contributed by atoms with Crippen LogP contribution in [-0.4, -0.2) is 32.7 Å². The molecule has 30 heavy (non-hydrogen) atoms. The number of hydrogen-bond donors (Lipinski definition) is 1. The molecule has 166 valence electrons. The van der Waals surface area contributed by atoms with Crippen molar-refractivity contribution in [3.8, 4) is 22.6 Å². The zero-order valence-corrected chi connectivity index (χ0v) is 20.4. The van der Waals surface area contributed by atoms with Crippen LogP contribution in [0.5, 0.6) is 11.5 Å². The molecule has 0 aliphatic carbocycles. The summed E-state index contributed by atoms with van der Waals surface area (Å²) in [6.45, 7) is 15.2. The first-order valence-electron chi connectivity index (χ1n) is 10.2. The highest BCUT2D eigenvalue weighted by Gasteiger charge is 2.39. The van der Waals surface area contributed by atoms with E-state index in [4.69, 9.17) is 13.9 Å². The van der Waals surface area contributed by atoms with Crippen LogP contribution in [0.25, 0.3) is 11.1 Å². The fourth-order valence-corrected chi connectivity index (χ4v) is 3.85. The molecule has 0 unspecified atom stereocenters. The molecule has 0 heterocycles. The Morgan fingerprint density at radius 2 is 1.63 bits per heavy atom. The average molecular weight is 435 g/mol. The van der Waals surface area contributed by atoms with Crippen LogP contribution >= 0.6 is 0 Å². The van der Waals surface area contributed by atoms with Crippen molar-refractivity contribution in [2.24, 2.45) is 0 Å². The highest BCUT2D eigenvalue weighted by Crippen LogP contribution is 2.39. The highest BCUT2D eigenvalue weighted by molar-refractivity contribution is 6.74. The number of aliphatic hydroxyl groups excluding tert-OH is 1. The van der Waals surface area contributed by atoms with E-state index in [1.807, 2.05) is 13.8 Å². The molecule has 0 aliphatic heterocycles. The lowest BCUT2D eigenvalue weighted by molar-refractivity contribution is 0.0465. The van der Waals surface area contributed by atoms with E-state index in [1.165, 1.54) is 6.07 Å². The maximum absolute atomic E-state index is 14.6. The van der Waals surface area contributed by atoms with Gasteiger partial charge in [-0.15, -0.1) is 0 Å². The van der Waals surface area contributed by atoms with Gasteiger partial charge in [0.15, 0.2) is 8.32 Å². The predicted octanol–water partition coefficient (Wildman–Crippen LogP) is 6.17. The molecule has 4 nitrogen and oxygen atoms in total. The molecule has 6 heteroatoms. The minimum Gasteiger partial charge on any atom is -0.497 e. The van der Waals surface area contributed by atoms with Gasteiger partial charge in [0.25, 0.3) is 0 Å². The van der Waals surface area contributed by atoms with Crippen LogP contribution in [0, 0.1) is 5.82 Å². The Balaban J connectivity index is 2.39. The van der Waals surface area contributed by atoms with Gasteiger partial charge in [-0.25, -0.2) is 4.39 Å². The molecule has 0 fully saturated rings. The molecule has 0 atom stereocenters. The Kier molecular flexibility index (Phi) is 7.38. The van der Waals surface area contributed by atoms with E-state index in [0.717, 1.165) is 0 Å². The molecule has 2 rings (SSSR count). The van der Waals surface area contributed by atoms with Crippen LogP contribution in [-0.2, 0) is 11.0 Å². The Hall–Kier alpha value is -1.89. The summed E-state index contributed by atoms with van der Waals surface area (Å²) in [6, 6.07) is 9.89. The summed E-state index contributed by atoms with van der Waals surface area (Å²) in [5.74, 6) is 0.689. The van der Waals surface area contributed by atoms with E-state index in [2.05, 4.69) is 33.9 Å². The number of ether oxygens (including phenoxy) is 2. The molecule has 0 aromatic heterocycles. The smallest absolute Gasteiger partial charge is 0.192 e. The molecule has 0 saturated carbocycles. The summed E-state index contributed by atoms with van der Waals surface area (Å²) in [5.41, 5.74) is 1.03. The van der Waals surface area contributed by atoms with Gasteiger partial charge in [-0.3, -0.25) is 0 Å². The number of halogens is 1. The van der Waals surface area contributed by atoms with Crippen molar-refractivity contribution < 1.29 is 23.4 Å². The molecule has 0 spiro atoms. The first-order valence-corrected chi connectivity index (χ1v) is 13.1. The fourth-order valence-electron chi connectivity index (χ4n) is 2.71. The Bertz CT molecular complexity index is 872. The van der Waals surface area contributed by atoms with Crippen molar-refractivity contribution in [2.75, 3.05) is 13.7 Å². The molecular weight excluding hydrogens is 399 g/mol. The molecular formula is C24H35FO4Si. The summed E-state index contributed by atoms with van der Waals surface area (Å²) in [6.07, 6.45) is 0. The zero-order valence-electron chi connectivity index (χ0n) is 19.4. The highest BCUT2D eigenvalue weighted by atomic mass is 28.4. The van der Waals surface area contributed by atoms with Crippen molar-refractivity contribution in [3.63, 3.8) is 0 Å². The maximum Gasteiger partial charge on any atom is 0.192 e. The normalized spacial score (nSPS) is 12.7. The van der Waals surface area contributed by atoms with Crippen LogP contribution < -0.4 is 9.47 Å². The second kappa shape index (κ2) is 9.08. The van der Waals surface area contributed by atoms with E-state index in [-0.39, 0.29) is 17.5 Å². The lowest BCUT2D eigenvalue weighted by Gasteiger charge is -2.39. The van der Waals surface area contributed by atoms with Gasteiger partial charge in [0.1, 0.15) is 22.9 Å². The third-order valence-corrected chi connectivity index (χ3v) is 10.1. The van der Waals surface area contributed by atoms with Gasteiger partial charge in [-0.05, 0) is 61.8 Å². The Labute approximate surface area is 181 Å². The van der Waals surface area contributed by atoms with E-state index in [0.29, 0.717) is 34.8 Å². The molecule has 2 aromatic rings. The van der Waals surface area contributed by atoms with E-state index >= 15 is 0 Å². The zero-order chi connectivity index (χ0) is 22.7. The maximum atomic E-state index is 14.6. The van der Waals surface area contributed by atoms with Crippen molar-refractivity contribution in [1.82, 2.24) is 0 Å². The minimum absolute atomic E-state index is 0.0920. The quantitative estimate of drug-likeness (QED) is 0.505. The largest absolute Gasteiger partial charge is 0.497 e. The lowest BCUT2D eigenvalue weighted by Crippen LogP contribution is -2.46. The Morgan fingerprint density at radius 3 is 2.20 bits per heavy atom. The molecule has 0 bridgehead atoms. The van der Waals surface area contributed by atoms with Crippen LogP contribution in [0.3, 0.4) is 0 Å². The lowest BCUT2D eigenvalue weighted by atomic mass is 10.0. The van der Waals surface area contributed by atoms with E-state index in [9.17, 15) is 9.50 Å². The second-order valence-electron chi connectivity index (χ2n) is 9.75. The average Bonchev–Trinajstić information content (AvgIpc) is 2.66. The number of hydrogen-bond acceptors (Lipinski definition) is 4. The van der Waals surface area contributed by atoms with Gasteiger partial charge in [0.2, 0.25) is 0 Å². The predicted molar refractivity (Wildman–Crippen MR) is 122 cm³/mol. The van der Waals surface area contributed by atoms with Gasteiger partial charge in [0.05, 0.1) is 20.3 Å². The molecule has 0 aliphatic rings. The fraction of sp³-hybridized carbons (Fsp3) is 0.500. The van der Waals surface area contributed by atoms with Gasteiger partial charge < -0.3 is 19.0 Å². The number of rotatable bonds is 8. The number of benzene rings is 2. The topological polar surface area (TPSA) is 47.9 Å². The van der Waals surface area contributed by atoms with Crippen LogP contribution in [0.1, 0.15) is 40.2 Å². The van der Waals surface area contributed by atoms with Gasteiger partial charge in [0, 0.05) is 11.1 Å². The van der Waals surface area contributed by atoms with Crippen molar-refractivity contribution >= 4 is 8.32 Å². The third kappa shape index (κ3) is 5.83. The SMILES string of the molecule is COc1ccc(F)c(-c2ccc(CO)cc2OC(C)(C)CO[Si](C)(C)C(C)(C)C)c1. The van der Waals surface area contributed by atoms with Gasteiger partial charge in [-0.1, -0.05) is 32.9 Å². The van der Waals surface area contributed by atoms with Gasteiger partial charge >= 0.3 is 0 Å². The van der Waals surface area contributed by atoms with Crippen LogP contribution in [0.15, 0.2) is 36.4 Å². The summed E-state index contributed by atoms with van der Waals surface area (Å²) in [4.78, 5) is 0. The molecule has 2 aromatic carbocycles. The second-order valence-corrected chi connectivity index (χ2v) is 14.6. The van der Waals surface area contributed by atoms with Crippen LogP contribution in [0.2, 0.25) is 18.1 Å². The summed E-state index contributed by atoms with van der Waals surface area (Å²) >= 11 is 0. The summed E-state index contributed by atoms with van der Waals surface area (Å²) in [5, 5.41) is 9.68. The molecule has 0 amide bonds. The monoisotopic (exact) mass is 434 g/mol. The number of methoxy groups -OCH3 is 1. The summed E-state index contributed by atoms with van der Waals surface area (Å²) in [7, 11) is -0.399. The summed E-state index contributed by atoms with van der Waals surface area (Å²) < 4.78 is 32.6. The molecule has 0 radical (unpaired) electrons. The van der Waals surface area contributed by atoms with E-state index in [1.54, 1.807) is 37.4 Å². The van der Waals surface area contributed by atoms with Crippen molar-refractivity contribution in [1.29, 1.82) is 0 Å². The van der Waals surface area contributed by atoms with E-state index < -0.39 is 13.9 Å². The van der Waals surface area contributed by atoms with Crippen molar-refractivity contribution in [2.45, 2.75) is 65.0 Å². The van der Waals surface area contributed by atoms with Crippen LogP contribution in [0.4, 0.5) is 4.39 Å². The van der Waals surface area contributed by atoms with Crippen molar-refractivity contribution in [3.05, 3.63) is 47.8 Å². The van der Waals surface area contributed by atoms with Gasteiger partial charge in [-0.2, -0.15) is 0 Å². The minimum atomic E-state index is -1.95. The third-order valence-electron chi connectivity index (χ3n) is 5.67. The standard InChI is InChI=1S/C24H35FO4Si/c1-23(2,3)30(7,8)28-16-24(4,5)29-22-13-17(15-26)9-11-19(22)20-14-18(27-6)10-12-21(20)25/h9-14,26H,15-16H2,1-8H3. The molecule has 1 N–H and O–H groups in total. The Morgan fingerprint density at radius 1 is 0.967 bits per heavy atom. The first-order chi connectivity index (χ1) is 13.8. The molecule has 0 saturated heterocycles. The number of aliphatic hydroxyl groups is 1. The first kappa shape index (κ1) is 24.4.